The summed E-state index contributed by atoms with van der Waals surface area (Å²) < 4.78 is 8.15. The fraction of sp³-hybridized carbons (Fsp3) is 0.487. The number of likely N-dealkylation sites (tertiary alicyclic amines) is 2. The molecular weight excluding hydrogens is 712 g/mol. The highest BCUT2D eigenvalue weighted by atomic mass is 35.5. The lowest BCUT2D eigenvalue weighted by molar-refractivity contribution is -0.135. The van der Waals surface area contributed by atoms with E-state index in [4.69, 9.17) is 16.0 Å². The van der Waals surface area contributed by atoms with Crippen LogP contribution in [-0.4, -0.2) is 94.2 Å². The number of piperidine rings is 4. The van der Waals surface area contributed by atoms with Gasteiger partial charge in [0.25, 0.3) is 11.5 Å². The molecule has 0 saturated carbocycles. The van der Waals surface area contributed by atoms with Crippen molar-refractivity contribution in [3.05, 3.63) is 85.7 Å². The van der Waals surface area contributed by atoms with Crippen molar-refractivity contribution in [2.75, 3.05) is 56.5 Å². The third-order valence-corrected chi connectivity index (χ3v) is 12.5. The SMILES string of the molecule is CN1CC(Nc2cnn(C)c(=O)c2Cl)CC(c2ccc(C(=O)N3CCC4(CC3)CCN(c3ccc5c(c3)oc(=O)n5C3CCC(=O)NC3=O)CC4)cc2)C1. The van der Waals surface area contributed by atoms with Crippen LogP contribution in [0.1, 0.15) is 72.8 Å². The van der Waals surface area contributed by atoms with Gasteiger partial charge in [0.05, 0.1) is 17.4 Å². The average Bonchev–Trinajstić information content (AvgIpc) is 3.50. The minimum atomic E-state index is -0.769. The van der Waals surface area contributed by atoms with Crippen LogP contribution in [0.3, 0.4) is 0 Å². The van der Waals surface area contributed by atoms with E-state index in [2.05, 4.69) is 44.7 Å². The average molecular weight is 757 g/mol. The Bertz CT molecular complexity index is 2210. The van der Waals surface area contributed by atoms with Gasteiger partial charge in [0, 0.05) is 76.1 Å². The third kappa shape index (κ3) is 6.92. The third-order valence-electron chi connectivity index (χ3n) is 12.1. The molecule has 4 aliphatic heterocycles. The quantitative estimate of drug-likeness (QED) is 0.278. The zero-order valence-electron chi connectivity index (χ0n) is 30.6. The second-order valence-corrected chi connectivity index (χ2v) is 15.9. The molecule has 4 fully saturated rings. The molecule has 1 spiro atoms. The zero-order chi connectivity index (χ0) is 37.7. The Morgan fingerprint density at radius 1 is 0.963 bits per heavy atom. The number of carbonyl (C=O) groups is 3. The van der Waals surface area contributed by atoms with Gasteiger partial charge < -0.3 is 24.4 Å². The number of anilines is 2. The van der Waals surface area contributed by atoms with Gasteiger partial charge in [-0.3, -0.25) is 29.1 Å². The summed E-state index contributed by atoms with van der Waals surface area (Å²) in [5.74, 6) is -1.09. The molecule has 3 atom stereocenters. The first-order valence-corrected chi connectivity index (χ1v) is 19.1. The Morgan fingerprint density at radius 3 is 2.41 bits per heavy atom. The van der Waals surface area contributed by atoms with E-state index in [0.29, 0.717) is 22.4 Å². The van der Waals surface area contributed by atoms with Crippen LogP contribution in [0.5, 0.6) is 0 Å². The highest BCUT2D eigenvalue weighted by Crippen LogP contribution is 2.43. The summed E-state index contributed by atoms with van der Waals surface area (Å²) in [6.07, 6.45) is 6.84. The number of halogens is 1. The summed E-state index contributed by atoms with van der Waals surface area (Å²) >= 11 is 6.32. The van der Waals surface area contributed by atoms with Crippen molar-refractivity contribution in [2.24, 2.45) is 12.5 Å². The molecule has 3 amide bonds. The summed E-state index contributed by atoms with van der Waals surface area (Å²) in [7, 11) is 3.66. The van der Waals surface area contributed by atoms with E-state index in [9.17, 15) is 24.0 Å². The van der Waals surface area contributed by atoms with Crippen molar-refractivity contribution in [1.82, 2.24) is 29.5 Å². The molecule has 14 nitrogen and oxygen atoms in total. The van der Waals surface area contributed by atoms with E-state index in [1.54, 1.807) is 13.2 Å². The fourth-order valence-electron chi connectivity index (χ4n) is 8.95. The number of aryl methyl sites for hydroxylation is 1. The van der Waals surface area contributed by atoms with Crippen LogP contribution >= 0.6 is 11.6 Å². The van der Waals surface area contributed by atoms with Crippen LogP contribution in [0, 0.1) is 5.41 Å². The number of nitrogens with one attached hydrogen (secondary N) is 2. The monoisotopic (exact) mass is 756 g/mol. The topological polar surface area (TPSA) is 155 Å². The fourth-order valence-corrected chi connectivity index (χ4v) is 9.17. The van der Waals surface area contributed by atoms with Gasteiger partial charge in [-0.1, -0.05) is 23.7 Å². The lowest BCUT2D eigenvalue weighted by atomic mass is 9.71. The van der Waals surface area contributed by atoms with Crippen LogP contribution in [-0.2, 0) is 16.6 Å². The standard InChI is InChI=1S/C39H45ClN8O6/c1-44-22-26(19-27(23-44)42-29-21-41-45(2)37(52)34(29)40)24-3-5-25(6-4-24)36(51)47-17-13-39(14-18-47)11-15-46(16-12-39)28-7-8-30-32(20-28)54-38(53)48(30)31-9-10-33(49)43-35(31)50/h3-8,20-21,26-27,31,42H,9-19,22-23H2,1-2H3,(H,43,49,50). The number of benzene rings is 2. The molecule has 2 aromatic heterocycles. The van der Waals surface area contributed by atoms with E-state index in [1.165, 1.54) is 14.8 Å². The van der Waals surface area contributed by atoms with Crippen LogP contribution in [0.2, 0.25) is 5.02 Å². The van der Waals surface area contributed by atoms with E-state index < -0.39 is 17.7 Å². The van der Waals surface area contributed by atoms with Gasteiger partial charge in [0.15, 0.2) is 5.58 Å². The highest BCUT2D eigenvalue weighted by molar-refractivity contribution is 6.32. The van der Waals surface area contributed by atoms with Gasteiger partial charge in [-0.25, -0.2) is 9.48 Å². The van der Waals surface area contributed by atoms with Gasteiger partial charge in [0.2, 0.25) is 11.8 Å². The molecule has 4 saturated heterocycles. The first kappa shape index (κ1) is 36.0. The van der Waals surface area contributed by atoms with Gasteiger partial charge in [0.1, 0.15) is 11.1 Å². The van der Waals surface area contributed by atoms with E-state index in [0.717, 1.165) is 77.1 Å². The first-order valence-electron chi connectivity index (χ1n) is 18.8. The maximum absolute atomic E-state index is 13.6. The largest absolute Gasteiger partial charge is 0.420 e. The number of fused-ring (bicyclic) bond motifs is 1. The molecule has 284 valence electrons. The van der Waals surface area contributed by atoms with Gasteiger partial charge >= 0.3 is 5.76 Å². The van der Waals surface area contributed by atoms with Crippen LogP contribution in [0.15, 0.2) is 62.7 Å². The Morgan fingerprint density at radius 2 is 1.69 bits per heavy atom. The maximum Gasteiger partial charge on any atom is 0.420 e. The molecular formula is C39H45ClN8O6. The smallest absolute Gasteiger partial charge is 0.408 e. The predicted molar refractivity (Wildman–Crippen MR) is 204 cm³/mol. The summed E-state index contributed by atoms with van der Waals surface area (Å²) in [5, 5.41) is 10.00. The van der Waals surface area contributed by atoms with Crippen molar-refractivity contribution in [2.45, 2.75) is 62.9 Å². The van der Waals surface area contributed by atoms with E-state index in [1.807, 2.05) is 35.2 Å². The number of carbonyl (C=O) groups excluding carboxylic acids is 3. The number of rotatable bonds is 6. The first-order chi connectivity index (χ1) is 26.0. The van der Waals surface area contributed by atoms with Gasteiger partial charge in [-0.2, -0.15) is 5.10 Å². The summed E-state index contributed by atoms with van der Waals surface area (Å²) in [5.41, 5.74) is 4.22. The predicted octanol–water partition coefficient (Wildman–Crippen LogP) is 3.74. The number of aromatic nitrogens is 3. The minimum Gasteiger partial charge on any atom is -0.408 e. The number of likely N-dealkylation sites (N-methyl/N-ethyl adjacent to an activating group) is 1. The molecule has 3 unspecified atom stereocenters. The van der Waals surface area contributed by atoms with Crippen molar-refractivity contribution in [3.8, 4) is 0 Å². The molecule has 15 heteroatoms. The van der Waals surface area contributed by atoms with Crippen LogP contribution in [0.25, 0.3) is 11.1 Å². The summed E-state index contributed by atoms with van der Waals surface area (Å²) in [6, 6.07) is 13.0. The molecule has 2 aromatic carbocycles. The lowest BCUT2D eigenvalue weighted by Crippen LogP contribution is -2.48. The second-order valence-electron chi connectivity index (χ2n) is 15.6. The number of hydrogen-bond acceptors (Lipinski definition) is 10. The van der Waals surface area contributed by atoms with Crippen molar-refractivity contribution < 1.29 is 18.8 Å². The van der Waals surface area contributed by atoms with Gasteiger partial charge in [-0.05, 0) is 86.7 Å². The van der Waals surface area contributed by atoms with Crippen molar-refractivity contribution in [1.29, 1.82) is 0 Å². The molecule has 54 heavy (non-hydrogen) atoms. The van der Waals surface area contributed by atoms with Crippen LogP contribution in [0.4, 0.5) is 11.4 Å². The number of hydrogen-bond donors (Lipinski definition) is 2. The molecule has 4 aliphatic rings. The number of oxazole rings is 1. The number of nitrogens with zero attached hydrogens (tertiary/aromatic N) is 6. The molecule has 0 radical (unpaired) electrons. The summed E-state index contributed by atoms with van der Waals surface area (Å²) in [4.78, 5) is 69.3. The van der Waals surface area contributed by atoms with Crippen molar-refractivity contribution in [3.63, 3.8) is 0 Å². The minimum absolute atomic E-state index is 0.0704. The molecule has 2 N–H and O–H groups in total. The Labute approximate surface area is 317 Å². The molecule has 6 heterocycles. The second kappa shape index (κ2) is 14.4. The highest BCUT2D eigenvalue weighted by Gasteiger charge is 2.39. The Kier molecular flexibility index (Phi) is 9.59. The van der Waals surface area contributed by atoms with E-state index in [-0.39, 0.29) is 52.6 Å². The number of imide groups is 1. The maximum atomic E-state index is 13.6. The lowest BCUT2D eigenvalue weighted by Gasteiger charge is -2.47. The molecule has 0 bridgehead atoms. The molecule has 8 rings (SSSR count). The molecule has 0 aliphatic carbocycles. The summed E-state index contributed by atoms with van der Waals surface area (Å²) in [6.45, 7) is 4.88. The van der Waals surface area contributed by atoms with Crippen LogP contribution < -0.4 is 26.8 Å². The Balaban J connectivity index is 0.851. The molecule has 4 aromatic rings. The van der Waals surface area contributed by atoms with Crippen molar-refractivity contribution >= 4 is 51.8 Å². The van der Waals surface area contributed by atoms with E-state index >= 15 is 0 Å². The Hall–Kier alpha value is -4.95. The normalized spacial score (nSPS) is 23.5. The number of amides is 3. The van der Waals surface area contributed by atoms with Gasteiger partial charge in [-0.15, -0.1) is 0 Å². The zero-order valence-corrected chi connectivity index (χ0v) is 31.3.